The molecule has 1 fully saturated rings. The quantitative estimate of drug-likeness (QED) is 0.500. The molecule has 17 heavy (non-hydrogen) atoms. The fourth-order valence-electron chi connectivity index (χ4n) is 1.88. The summed E-state index contributed by atoms with van der Waals surface area (Å²) < 4.78 is 0. The maximum atomic E-state index is 11.8. The molecule has 1 unspecified atom stereocenters. The lowest BCUT2D eigenvalue weighted by Crippen LogP contribution is -2.25. The number of thiol groups is 1. The lowest BCUT2D eigenvalue weighted by atomic mass is 10.1. The van der Waals surface area contributed by atoms with Gasteiger partial charge in [-0.25, -0.2) is 0 Å². The number of aromatic nitrogens is 1. The van der Waals surface area contributed by atoms with E-state index in [1.54, 1.807) is 0 Å². The van der Waals surface area contributed by atoms with Gasteiger partial charge in [0.25, 0.3) is 0 Å². The summed E-state index contributed by atoms with van der Waals surface area (Å²) in [6, 6.07) is 1.50. The maximum Gasteiger partial charge on any atom is 0.311 e. The molecule has 0 aliphatic carbocycles. The number of carbonyl (C=O) groups excluding carboxylic acids is 1. The van der Waals surface area contributed by atoms with Crippen molar-refractivity contribution in [1.29, 1.82) is 0 Å². The number of amides is 1. The van der Waals surface area contributed by atoms with Crippen LogP contribution in [0.1, 0.15) is 6.42 Å². The molecule has 90 valence electrons. The van der Waals surface area contributed by atoms with E-state index in [1.165, 1.54) is 17.2 Å². The maximum absolute atomic E-state index is 11.8. The van der Waals surface area contributed by atoms with E-state index in [1.807, 2.05) is 0 Å². The standard InChI is InChI=1S/C10H11N3O3S/c14-10-3-7(6-17)5-12(10)8-1-2-11-4-9(8)13(15)16/h1-2,4,7,17H,3,5-6H2. The molecule has 0 saturated carbocycles. The second-order valence-electron chi connectivity index (χ2n) is 3.88. The SMILES string of the molecule is O=C1CC(CS)CN1c1ccncc1[N+](=O)[O-]. The van der Waals surface area contributed by atoms with Crippen LogP contribution in [0.15, 0.2) is 18.5 Å². The number of hydrogen-bond donors (Lipinski definition) is 1. The highest BCUT2D eigenvalue weighted by Gasteiger charge is 2.33. The summed E-state index contributed by atoms with van der Waals surface area (Å²) in [6.45, 7) is 0.479. The molecule has 6 nitrogen and oxygen atoms in total. The molecule has 1 atom stereocenters. The van der Waals surface area contributed by atoms with Crippen molar-refractivity contribution in [3.63, 3.8) is 0 Å². The third-order valence-electron chi connectivity index (χ3n) is 2.73. The Morgan fingerprint density at radius 1 is 1.65 bits per heavy atom. The Kier molecular flexibility index (Phi) is 3.28. The molecule has 1 aliphatic rings. The van der Waals surface area contributed by atoms with E-state index < -0.39 is 4.92 Å². The fraction of sp³-hybridized carbons (Fsp3) is 0.400. The molecule has 1 aromatic heterocycles. The highest BCUT2D eigenvalue weighted by molar-refractivity contribution is 7.80. The first-order valence-electron chi connectivity index (χ1n) is 5.13. The Morgan fingerprint density at radius 3 is 3.00 bits per heavy atom. The molecular weight excluding hydrogens is 242 g/mol. The molecule has 0 spiro atoms. The van der Waals surface area contributed by atoms with E-state index in [9.17, 15) is 14.9 Å². The van der Waals surface area contributed by atoms with Crippen LogP contribution in [-0.2, 0) is 4.79 Å². The minimum atomic E-state index is -0.524. The molecule has 2 heterocycles. The second-order valence-corrected chi connectivity index (χ2v) is 4.24. The minimum Gasteiger partial charge on any atom is -0.306 e. The zero-order valence-electron chi connectivity index (χ0n) is 8.94. The highest BCUT2D eigenvalue weighted by Crippen LogP contribution is 2.32. The third kappa shape index (κ3) is 2.23. The molecule has 1 saturated heterocycles. The van der Waals surface area contributed by atoms with Crippen LogP contribution in [0.25, 0.3) is 0 Å². The average molecular weight is 253 g/mol. The van der Waals surface area contributed by atoms with Gasteiger partial charge in [0, 0.05) is 19.2 Å². The van der Waals surface area contributed by atoms with E-state index in [0.29, 0.717) is 24.4 Å². The summed E-state index contributed by atoms with van der Waals surface area (Å²) in [5, 5.41) is 10.8. The number of nitro groups is 1. The Morgan fingerprint density at radius 2 is 2.41 bits per heavy atom. The first-order chi connectivity index (χ1) is 8.13. The lowest BCUT2D eigenvalue weighted by Gasteiger charge is -2.15. The smallest absolute Gasteiger partial charge is 0.306 e. The molecule has 1 amide bonds. The van der Waals surface area contributed by atoms with Gasteiger partial charge in [0.1, 0.15) is 11.9 Å². The van der Waals surface area contributed by atoms with Crippen LogP contribution in [0.3, 0.4) is 0 Å². The molecule has 0 radical (unpaired) electrons. The topological polar surface area (TPSA) is 76.3 Å². The normalized spacial score (nSPS) is 19.7. The number of anilines is 1. The predicted octanol–water partition coefficient (Wildman–Crippen LogP) is 1.27. The van der Waals surface area contributed by atoms with Gasteiger partial charge in [-0.15, -0.1) is 0 Å². The molecule has 0 N–H and O–H groups in total. The summed E-state index contributed by atoms with van der Waals surface area (Å²) in [5.41, 5.74) is 0.181. The van der Waals surface area contributed by atoms with Gasteiger partial charge in [-0.1, -0.05) is 0 Å². The number of nitrogens with zero attached hydrogens (tertiary/aromatic N) is 3. The zero-order chi connectivity index (χ0) is 12.4. The molecule has 7 heteroatoms. The van der Waals surface area contributed by atoms with Gasteiger partial charge in [-0.05, 0) is 17.7 Å². The van der Waals surface area contributed by atoms with Gasteiger partial charge in [0.2, 0.25) is 5.91 Å². The van der Waals surface area contributed by atoms with Crippen LogP contribution in [0, 0.1) is 16.0 Å². The lowest BCUT2D eigenvalue weighted by molar-refractivity contribution is -0.384. The van der Waals surface area contributed by atoms with E-state index >= 15 is 0 Å². The van der Waals surface area contributed by atoms with Crippen LogP contribution in [-0.4, -0.2) is 28.1 Å². The van der Waals surface area contributed by atoms with Crippen LogP contribution < -0.4 is 4.90 Å². The van der Waals surface area contributed by atoms with Gasteiger partial charge in [-0.3, -0.25) is 19.9 Å². The first-order valence-corrected chi connectivity index (χ1v) is 5.76. The van der Waals surface area contributed by atoms with Crippen LogP contribution in [0.4, 0.5) is 11.4 Å². The third-order valence-corrected chi connectivity index (χ3v) is 3.24. The van der Waals surface area contributed by atoms with Gasteiger partial charge in [0.15, 0.2) is 0 Å². The molecule has 1 aliphatic heterocycles. The minimum absolute atomic E-state index is 0.0987. The van der Waals surface area contributed by atoms with Crippen molar-refractivity contribution in [3.05, 3.63) is 28.6 Å². The summed E-state index contributed by atoms with van der Waals surface area (Å²) in [7, 11) is 0. The molecule has 1 aromatic rings. The summed E-state index contributed by atoms with van der Waals surface area (Å²) in [6.07, 6.45) is 3.00. The van der Waals surface area contributed by atoms with Crippen molar-refractivity contribution in [2.75, 3.05) is 17.2 Å². The number of rotatable bonds is 3. The van der Waals surface area contributed by atoms with Crippen molar-refractivity contribution in [3.8, 4) is 0 Å². The zero-order valence-corrected chi connectivity index (χ0v) is 9.84. The summed E-state index contributed by atoms with van der Waals surface area (Å²) >= 11 is 4.15. The monoisotopic (exact) mass is 253 g/mol. The van der Waals surface area contributed by atoms with Crippen LogP contribution >= 0.6 is 12.6 Å². The largest absolute Gasteiger partial charge is 0.311 e. The van der Waals surface area contributed by atoms with Crippen LogP contribution in [0.2, 0.25) is 0 Å². The van der Waals surface area contributed by atoms with Crippen molar-refractivity contribution in [2.24, 2.45) is 5.92 Å². The van der Waals surface area contributed by atoms with Crippen molar-refractivity contribution in [1.82, 2.24) is 4.98 Å². The average Bonchev–Trinajstić information content (AvgIpc) is 2.70. The second kappa shape index (κ2) is 4.70. The molecule has 0 bridgehead atoms. The predicted molar refractivity (Wildman–Crippen MR) is 65.2 cm³/mol. The summed E-state index contributed by atoms with van der Waals surface area (Å²) in [5.74, 6) is 0.651. The first kappa shape index (κ1) is 11.8. The Hall–Kier alpha value is -1.63. The van der Waals surface area contributed by atoms with E-state index in [2.05, 4.69) is 17.6 Å². The van der Waals surface area contributed by atoms with Crippen molar-refractivity contribution in [2.45, 2.75) is 6.42 Å². The van der Waals surface area contributed by atoms with Crippen LogP contribution in [0.5, 0.6) is 0 Å². The number of carbonyl (C=O) groups is 1. The van der Waals surface area contributed by atoms with Gasteiger partial charge >= 0.3 is 5.69 Å². The van der Waals surface area contributed by atoms with E-state index in [-0.39, 0.29) is 17.5 Å². The fourth-order valence-corrected chi connectivity index (χ4v) is 2.13. The van der Waals surface area contributed by atoms with Gasteiger partial charge in [0.05, 0.1) is 4.92 Å². The highest BCUT2D eigenvalue weighted by atomic mass is 32.1. The van der Waals surface area contributed by atoms with Crippen molar-refractivity contribution >= 4 is 29.9 Å². The Bertz CT molecular complexity index is 466. The van der Waals surface area contributed by atoms with E-state index in [4.69, 9.17) is 0 Å². The van der Waals surface area contributed by atoms with Crippen molar-refractivity contribution < 1.29 is 9.72 Å². The van der Waals surface area contributed by atoms with Gasteiger partial charge < -0.3 is 4.90 Å². The number of pyridine rings is 1. The van der Waals surface area contributed by atoms with Gasteiger partial charge in [-0.2, -0.15) is 12.6 Å². The molecule has 0 aromatic carbocycles. The Labute approximate surface area is 103 Å². The molecule has 2 rings (SSSR count). The summed E-state index contributed by atoms with van der Waals surface area (Å²) in [4.78, 5) is 27.2. The van der Waals surface area contributed by atoms with E-state index in [0.717, 1.165) is 6.20 Å². The molecular formula is C10H11N3O3S. The Balaban J connectivity index is 2.35. The number of hydrogen-bond acceptors (Lipinski definition) is 5.